The van der Waals surface area contributed by atoms with Crippen molar-refractivity contribution in [2.75, 3.05) is 6.79 Å². The van der Waals surface area contributed by atoms with E-state index in [1.807, 2.05) is 0 Å². The van der Waals surface area contributed by atoms with E-state index in [1.165, 1.54) is 0 Å². The summed E-state index contributed by atoms with van der Waals surface area (Å²) in [5.74, 6) is -0.610. The Morgan fingerprint density at radius 3 is 2.43 bits per heavy atom. The molecular formula is C7H4ClFO4S. The van der Waals surface area contributed by atoms with Crippen LogP contribution in [0, 0.1) is 5.82 Å². The molecule has 14 heavy (non-hydrogen) atoms. The summed E-state index contributed by atoms with van der Waals surface area (Å²) in [6.07, 6.45) is 0. The highest BCUT2D eigenvalue weighted by Crippen LogP contribution is 2.36. The van der Waals surface area contributed by atoms with E-state index < -0.39 is 19.8 Å². The second-order valence-corrected chi connectivity index (χ2v) is 5.11. The SMILES string of the molecule is O=S(=O)(Cl)c1cc2c(cc1F)OCO2. The molecule has 0 saturated carbocycles. The summed E-state index contributed by atoms with van der Waals surface area (Å²) in [6.45, 7) is -0.0550. The second-order valence-electron chi connectivity index (χ2n) is 2.57. The maximum absolute atomic E-state index is 13.1. The first-order valence-corrected chi connectivity index (χ1v) is 5.83. The molecule has 1 heterocycles. The lowest BCUT2D eigenvalue weighted by Crippen LogP contribution is -1.95. The standard InChI is InChI=1S/C7H4ClFO4S/c8-14(10,11)7-2-6-5(1-4(7)9)12-3-13-6/h1-2H,3H2. The summed E-state index contributed by atoms with van der Waals surface area (Å²) in [6, 6.07) is 1.93. The fraction of sp³-hybridized carbons (Fsp3) is 0.143. The fourth-order valence-electron chi connectivity index (χ4n) is 1.09. The summed E-state index contributed by atoms with van der Waals surface area (Å²) in [5, 5.41) is 0. The van der Waals surface area contributed by atoms with Crippen LogP contribution in [0.15, 0.2) is 17.0 Å². The quantitative estimate of drug-likeness (QED) is 0.696. The van der Waals surface area contributed by atoms with Crippen LogP contribution in [0.1, 0.15) is 0 Å². The minimum atomic E-state index is -4.09. The molecule has 2 rings (SSSR count). The molecule has 1 aromatic carbocycles. The Kier molecular flexibility index (Phi) is 2.04. The summed E-state index contributed by atoms with van der Waals surface area (Å²) in [7, 11) is 0.908. The van der Waals surface area contributed by atoms with Gasteiger partial charge in [0.05, 0.1) is 0 Å². The van der Waals surface area contributed by atoms with Crippen LogP contribution in [0.4, 0.5) is 4.39 Å². The molecular weight excluding hydrogens is 235 g/mol. The number of hydrogen-bond acceptors (Lipinski definition) is 4. The van der Waals surface area contributed by atoms with Gasteiger partial charge < -0.3 is 9.47 Å². The van der Waals surface area contributed by atoms with Crippen LogP contribution in [0.2, 0.25) is 0 Å². The van der Waals surface area contributed by atoms with Crippen molar-refractivity contribution in [2.24, 2.45) is 0 Å². The molecule has 1 aliphatic heterocycles. The van der Waals surface area contributed by atoms with E-state index >= 15 is 0 Å². The molecule has 0 amide bonds. The van der Waals surface area contributed by atoms with Crippen LogP contribution >= 0.6 is 10.7 Å². The van der Waals surface area contributed by atoms with Crippen LogP contribution in [0.5, 0.6) is 11.5 Å². The Bertz CT molecular complexity index is 485. The van der Waals surface area contributed by atoms with Crippen molar-refractivity contribution in [3.8, 4) is 11.5 Å². The van der Waals surface area contributed by atoms with Gasteiger partial charge in [0, 0.05) is 22.8 Å². The minimum absolute atomic E-state index is 0.0550. The molecule has 1 aromatic rings. The number of rotatable bonds is 1. The molecule has 0 spiro atoms. The van der Waals surface area contributed by atoms with Gasteiger partial charge in [-0.3, -0.25) is 0 Å². The van der Waals surface area contributed by atoms with Gasteiger partial charge in [-0.25, -0.2) is 12.8 Å². The first kappa shape index (κ1) is 9.54. The van der Waals surface area contributed by atoms with Crippen molar-refractivity contribution in [3.63, 3.8) is 0 Å². The van der Waals surface area contributed by atoms with E-state index in [-0.39, 0.29) is 18.3 Å². The Labute approximate surface area is 83.6 Å². The average Bonchev–Trinajstić information content (AvgIpc) is 2.47. The van der Waals surface area contributed by atoms with E-state index in [2.05, 4.69) is 0 Å². The highest BCUT2D eigenvalue weighted by molar-refractivity contribution is 8.13. The highest BCUT2D eigenvalue weighted by Gasteiger charge is 2.23. The van der Waals surface area contributed by atoms with E-state index in [1.54, 1.807) is 0 Å². The smallest absolute Gasteiger partial charge is 0.264 e. The summed E-state index contributed by atoms with van der Waals surface area (Å²) >= 11 is 0. The third-order valence-corrected chi connectivity index (χ3v) is 3.03. The van der Waals surface area contributed by atoms with Gasteiger partial charge in [-0.1, -0.05) is 0 Å². The Balaban J connectivity index is 2.65. The largest absolute Gasteiger partial charge is 0.454 e. The zero-order valence-corrected chi connectivity index (χ0v) is 8.23. The number of fused-ring (bicyclic) bond motifs is 1. The first-order valence-electron chi connectivity index (χ1n) is 3.52. The lowest BCUT2D eigenvalue weighted by molar-refractivity contribution is 0.173. The molecule has 0 N–H and O–H groups in total. The molecule has 0 fully saturated rings. The van der Waals surface area contributed by atoms with Gasteiger partial charge in [-0.05, 0) is 0 Å². The summed E-state index contributed by atoms with van der Waals surface area (Å²) in [5.41, 5.74) is 0. The van der Waals surface area contributed by atoms with Crippen molar-refractivity contribution in [1.82, 2.24) is 0 Å². The third-order valence-electron chi connectivity index (χ3n) is 1.69. The minimum Gasteiger partial charge on any atom is -0.454 e. The molecule has 76 valence electrons. The maximum atomic E-state index is 13.1. The number of benzene rings is 1. The van der Waals surface area contributed by atoms with Crippen LogP contribution < -0.4 is 9.47 Å². The molecule has 0 unspecified atom stereocenters. The predicted octanol–water partition coefficient (Wildman–Crippen LogP) is 1.48. The average molecular weight is 239 g/mol. The van der Waals surface area contributed by atoms with E-state index in [9.17, 15) is 12.8 Å². The van der Waals surface area contributed by atoms with Gasteiger partial charge in [0.15, 0.2) is 11.5 Å². The Hall–Kier alpha value is -1.01. The van der Waals surface area contributed by atoms with Gasteiger partial charge in [0.1, 0.15) is 10.7 Å². The highest BCUT2D eigenvalue weighted by atomic mass is 35.7. The molecule has 7 heteroatoms. The van der Waals surface area contributed by atoms with Crippen molar-refractivity contribution in [3.05, 3.63) is 17.9 Å². The summed E-state index contributed by atoms with van der Waals surface area (Å²) < 4.78 is 44.6. The van der Waals surface area contributed by atoms with Crippen LogP contribution in [0.3, 0.4) is 0 Å². The van der Waals surface area contributed by atoms with Gasteiger partial charge in [-0.15, -0.1) is 0 Å². The van der Waals surface area contributed by atoms with E-state index in [0.717, 1.165) is 12.1 Å². The van der Waals surface area contributed by atoms with Crippen molar-refractivity contribution >= 4 is 19.7 Å². The van der Waals surface area contributed by atoms with Crippen molar-refractivity contribution in [1.29, 1.82) is 0 Å². The molecule has 0 atom stereocenters. The monoisotopic (exact) mass is 238 g/mol. The second kappa shape index (κ2) is 2.99. The number of ether oxygens (including phenoxy) is 2. The molecule has 0 saturated heterocycles. The molecule has 0 aromatic heterocycles. The third kappa shape index (κ3) is 1.51. The van der Waals surface area contributed by atoms with E-state index in [0.29, 0.717) is 0 Å². The summed E-state index contributed by atoms with van der Waals surface area (Å²) in [4.78, 5) is -0.608. The lowest BCUT2D eigenvalue weighted by Gasteiger charge is -2.00. The van der Waals surface area contributed by atoms with Gasteiger partial charge >= 0.3 is 0 Å². The van der Waals surface area contributed by atoms with Crippen LogP contribution in [-0.4, -0.2) is 15.2 Å². The predicted molar refractivity (Wildman–Crippen MR) is 45.6 cm³/mol. The zero-order valence-electron chi connectivity index (χ0n) is 6.66. The molecule has 0 bridgehead atoms. The van der Waals surface area contributed by atoms with Gasteiger partial charge in [-0.2, -0.15) is 0 Å². The normalized spacial score (nSPS) is 14.4. The van der Waals surface area contributed by atoms with Gasteiger partial charge in [0.2, 0.25) is 6.79 Å². The van der Waals surface area contributed by atoms with E-state index in [4.69, 9.17) is 20.2 Å². The first-order chi connectivity index (χ1) is 6.48. The zero-order chi connectivity index (χ0) is 10.3. The molecule has 4 nitrogen and oxygen atoms in total. The van der Waals surface area contributed by atoms with Crippen molar-refractivity contribution < 1.29 is 22.3 Å². The topological polar surface area (TPSA) is 52.6 Å². The maximum Gasteiger partial charge on any atom is 0.264 e. The van der Waals surface area contributed by atoms with Crippen LogP contribution in [-0.2, 0) is 9.05 Å². The lowest BCUT2D eigenvalue weighted by atomic mass is 10.3. The Morgan fingerprint density at radius 2 is 1.86 bits per heavy atom. The van der Waals surface area contributed by atoms with Gasteiger partial charge in [0.25, 0.3) is 9.05 Å². The van der Waals surface area contributed by atoms with Crippen LogP contribution in [0.25, 0.3) is 0 Å². The number of hydrogen-bond donors (Lipinski definition) is 0. The molecule has 0 aliphatic carbocycles. The molecule has 0 radical (unpaired) electrons. The molecule has 1 aliphatic rings. The fourth-order valence-corrected chi connectivity index (χ4v) is 1.98. The number of halogens is 2. The van der Waals surface area contributed by atoms with Crippen molar-refractivity contribution in [2.45, 2.75) is 4.90 Å². The Morgan fingerprint density at radius 1 is 1.29 bits per heavy atom.